The Morgan fingerprint density at radius 2 is 1.77 bits per heavy atom. The lowest BCUT2D eigenvalue weighted by atomic mass is 9.88. The van der Waals surface area contributed by atoms with Crippen molar-refractivity contribution in [3.63, 3.8) is 0 Å². The molecule has 0 bridgehead atoms. The molecule has 2 heterocycles. The zero-order valence-electron chi connectivity index (χ0n) is 17.9. The van der Waals surface area contributed by atoms with E-state index in [1.165, 1.54) is 22.5 Å². The molecule has 156 valence electrons. The first-order valence-corrected chi connectivity index (χ1v) is 10.8. The summed E-state index contributed by atoms with van der Waals surface area (Å²) in [7, 11) is 1.64. The number of methoxy groups -OCH3 is 1. The second kappa shape index (κ2) is 9.31. The van der Waals surface area contributed by atoms with Gasteiger partial charge in [-0.05, 0) is 80.7 Å². The van der Waals surface area contributed by atoms with Crippen molar-refractivity contribution in [2.24, 2.45) is 5.92 Å². The summed E-state index contributed by atoms with van der Waals surface area (Å²) in [6, 6.07) is 20.2. The van der Waals surface area contributed by atoms with Crippen LogP contribution < -0.4 is 4.74 Å². The van der Waals surface area contributed by atoms with E-state index in [4.69, 9.17) is 4.74 Å². The number of aromatic amines is 1. The molecular weight excluding hydrogens is 372 g/mol. The molecule has 1 saturated heterocycles. The second-order valence-electron chi connectivity index (χ2n) is 8.16. The van der Waals surface area contributed by atoms with Gasteiger partial charge in [0.15, 0.2) is 5.78 Å². The number of hydrogen-bond donors (Lipinski definition) is 1. The number of rotatable bonds is 7. The summed E-state index contributed by atoms with van der Waals surface area (Å²) in [5, 5.41) is 0. The molecule has 3 aromatic rings. The minimum absolute atomic E-state index is 0.133. The fourth-order valence-corrected chi connectivity index (χ4v) is 4.32. The maximum atomic E-state index is 12.8. The summed E-state index contributed by atoms with van der Waals surface area (Å²) >= 11 is 0. The van der Waals surface area contributed by atoms with Gasteiger partial charge in [-0.2, -0.15) is 0 Å². The van der Waals surface area contributed by atoms with Gasteiger partial charge in [0.2, 0.25) is 0 Å². The Hall–Kier alpha value is -2.85. The number of benzene rings is 2. The van der Waals surface area contributed by atoms with E-state index in [0.29, 0.717) is 0 Å². The number of aryl methyl sites for hydroxylation is 1. The molecule has 0 unspecified atom stereocenters. The van der Waals surface area contributed by atoms with Gasteiger partial charge in [-0.25, -0.2) is 0 Å². The van der Waals surface area contributed by atoms with Crippen LogP contribution in [0.15, 0.2) is 60.7 Å². The number of ether oxygens (including phenoxy) is 1. The minimum Gasteiger partial charge on any atom is -0.497 e. The third-order valence-corrected chi connectivity index (χ3v) is 6.24. The predicted octanol–water partition coefficient (Wildman–Crippen LogP) is 5.14. The minimum atomic E-state index is 0.133. The molecule has 1 aromatic heterocycles. The number of nitrogens with zero attached hydrogens (tertiary/aromatic N) is 1. The summed E-state index contributed by atoms with van der Waals surface area (Å²) < 4.78 is 5.19. The number of nitrogens with one attached hydrogen (secondary N) is 1. The fraction of sp³-hybridized carbons (Fsp3) is 0.346. The SMILES string of the molecule is COc1ccc(C(=O)C2CCN(CCc3cc(-c4ccccc4)[nH]c3C)CC2)cc1. The van der Waals surface area contributed by atoms with Crippen LogP contribution in [0.1, 0.15) is 34.5 Å². The van der Waals surface area contributed by atoms with E-state index in [1.807, 2.05) is 30.3 Å². The van der Waals surface area contributed by atoms with Crippen molar-refractivity contribution in [2.45, 2.75) is 26.2 Å². The van der Waals surface area contributed by atoms with Gasteiger partial charge in [-0.15, -0.1) is 0 Å². The largest absolute Gasteiger partial charge is 0.497 e. The zero-order valence-corrected chi connectivity index (χ0v) is 17.9. The van der Waals surface area contributed by atoms with Gasteiger partial charge < -0.3 is 14.6 Å². The topological polar surface area (TPSA) is 45.3 Å². The van der Waals surface area contributed by atoms with Gasteiger partial charge in [-0.1, -0.05) is 30.3 Å². The van der Waals surface area contributed by atoms with Gasteiger partial charge in [-0.3, -0.25) is 4.79 Å². The first-order valence-electron chi connectivity index (χ1n) is 10.8. The quantitative estimate of drug-likeness (QED) is 0.557. The summed E-state index contributed by atoms with van der Waals surface area (Å²) in [4.78, 5) is 18.8. The molecule has 1 N–H and O–H groups in total. The van der Waals surface area contributed by atoms with Crippen LogP contribution in [0.5, 0.6) is 5.75 Å². The summed E-state index contributed by atoms with van der Waals surface area (Å²) in [5.74, 6) is 1.19. The lowest BCUT2D eigenvalue weighted by Gasteiger charge is -2.31. The molecule has 2 aromatic carbocycles. The van der Waals surface area contributed by atoms with Gasteiger partial charge >= 0.3 is 0 Å². The van der Waals surface area contributed by atoms with E-state index in [1.54, 1.807) is 7.11 Å². The first kappa shape index (κ1) is 20.4. The molecule has 4 heteroatoms. The Balaban J connectivity index is 1.29. The summed E-state index contributed by atoms with van der Waals surface area (Å²) in [5.41, 5.74) is 5.84. The van der Waals surface area contributed by atoms with Crippen LogP contribution in [0, 0.1) is 12.8 Å². The highest BCUT2D eigenvalue weighted by Crippen LogP contribution is 2.25. The molecule has 0 atom stereocenters. The molecular formula is C26H30N2O2. The van der Waals surface area contributed by atoms with Crippen molar-refractivity contribution in [3.8, 4) is 17.0 Å². The van der Waals surface area contributed by atoms with Gasteiger partial charge in [0.1, 0.15) is 5.75 Å². The number of carbonyl (C=O) groups is 1. The third kappa shape index (κ3) is 4.65. The van der Waals surface area contributed by atoms with Crippen molar-refractivity contribution in [1.29, 1.82) is 0 Å². The molecule has 0 radical (unpaired) electrons. The Kier molecular flexibility index (Phi) is 6.34. The normalized spacial score (nSPS) is 15.3. The Bertz CT molecular complexity index is 968. The lowest BCUT2D eigenvalue weighted by Crippen LogP contribution is -2.37. The average Bonchev–Trinajstić information content (AvgIpc) is 3.19. The average molecular weight is 403 g/mol. The Morgan fingerprint density at radius 3 is 2.43 bits per heavy atom. The molecule has 0 spiro atoms. The monoisotopic (exact) mass is 402 g/mol. The highest BCUT2D eigenvalue weighted by molar-refractivity contribution is 5.98. The van der Waals surface area contributed by atoms with E-state index in [9.17, 15) is 4.79 Å². The van der Waals surface area contributed by atoms with Crippen molar-refractivity contribution in [2.75, 3.05) is 26.7 Å². The van der Waals surface area contributed by atoms with Gasteiger partial charge in [0.25, 0.3) is 0 Å². The van der Waals surface area contributed by atoms with Gasteiger partial charge in [0.05, 0.1) is 7.11 Å². The lowest BCUT2D eigenvalue weighted by molar-refractivity contribution is 0.0841. The molecule has 1 fully saturated rings. The zero-order chi connectivity index (χ0) is 20.9. The van der Waals surface area contributed by atoms with E-state index in [0.717, 1.165) is 50.2 Å². The van der Waals surface area contributed by atoms with Crippen LogP contribution in [0.25, 0.3) is 11.3 Å². The molecule has 0 amide bonds. The Labute approximate surface area is 178 Å². The van der Waals surface area contributed by atoms with E-state index >= 15 is 0 Å². The predicted molar refractivity (Wildman–Crippen MR) is 121 cm³/mol. The fourth-order valence-electron chi connectivity index (χ4n) is 4.32. The summed E-state index contributed by atoms with van der Waals surface area (Å²) in [6.07, 6.45) is 2.91. The Morgan fingerprint density at radius 1 is 1.07 bits per heavy atom. The van der Waals surface area contributed by atoms with Crippen LogP contribution in [0.4, 0.5) is 0 Å². The smallest absolute Gasteiger partial charge is 0.166 e. The van der Waals surface area contributed by atoms with Crippen LogP contribution in [-0.2, 0) is 6.42 Å². The molecule has 4 nitrogen and oxygen atoms in total. The molecule has 1 aliphatic heterocycles. The summed E-state index contributed by atoms with van der Waals surface area (Å²) in [6.45, 7) is 5.17. The van der Waals surface area contributed by atoms with E-state index < -0.39 is 0 Å². The van der Waals surface area contributed by atoms with Crippen LogP contribution in [-0.4, -0.2) is 42.4 Å². The number of hydrogen-bond acceptors (Lipinski definition) is 3. The first-order chi connectivity index (χ1) is 14.6. The number of ketones is 1. The number of aromatic nitrogens is 1. The van der Waals surface area contributed by atoms with E-state index in [2.05, 4.69) is 47.1 Å². The van der Waals surface area contributed by atoms with Crippen molar-refractivity contribution in [3.05, 3.63) is 77.5 Å². The molecule has 0 aliphatic carbocycles. The number of Topliss-reactive ketones (excluding diaryl/α,β-unsaturated/α-hetero) is 1. The number of piperidine rings is 1. The van der Waals surface area contributed by atoms with Crippen molar-refractivity contribution in [1.82, 2.24) is 9.88 Å². The van der Waals surface area contributed by atoms with E-state index in [-0.39, 0.29) is 11.7 Å². The van der Waals surface area contributed by atoms with Crippen molar-refractivity contribution >= 4 is 5.78 Å². The molecule has 30 heavy (non-hydrogen) atoms. The number of carbonyl (C=O) groups excluding carboxylic acids is 1. The third-order valence-electron chi connectivity index (χ3n) is 6.24. The highest BCUT2D eigenvalue weighted by Gasteiger charge is 2.25. The second-order valence-corrected chi connectivity index (χ2v) is 8.16. The standard InChI is InChI=1S/C26H30N2O2/c1-19-23(18-25(27-19)20-6-4-3-5-7-20)14-17-28-15-12-22(13-16-28)26(29)21-8-10-24(30-2)11-9-21/h3-11,18,22,27H,12-17H2,1-2H3. The maximum absolute atomic E-state index is 12.8. The molecule has 1 aliphatic rings. The van der Waals surface area contributed by atoms with Crippen molar-refractivity contribution < 1.29 is 9.53 Å². The number of H-pyrrole nitrogens is 1. The molecule has 0 saturated carbocycles. The van der Waals surface area contributed by atoms with Crippen LogP contribution >= 0.6 is 0 Å². The highest BCUT2D eigenvalue weighted by atomic mass is 16.5. The van der Waals surface area contributed by atoms with Crippen LogP contribution in [0.3, 0.4) is 0 Å². The maximum Gasteiger partial charge on any atom is 0.166 e. The van der Waals surface area contributed by atoms with Gasteiger partial charge in [0, 0.05) is 29.4 Å². The van der Waals surface area contributed by atoms with Crippen LogP contribution in [0.2, 0.25) is 0 Å². The molecule has 4 rings (SSSR count). The number of likely N-dealkylation sites (tertiary alicyclic amines) is 1.